The molecule has 0 unspecified atom stereocenters. The lowest BCUT2D eigenvalue weighted by molar-refractivity contribution is 0.0728. The number of rotatable bonds is 4. The van der Waals surface area contributed by atoms with Gasteiger partial charge < -0.3 is 9.84 Å². The van der Waals surface area contributed by atoms with Gasteiger partial charge in [-0.1, -0.05) is 0 Å². The molecule has 1 fully saturated rings. The third-order valence-corrected chi connectivity index (χ3v) is 3.20. The Morgan fingerprint density at radius 1 is 1.50 bits per heavy atom. The van der Waals surface area contributed by atoms with Crippen molar-refractivity contribution >= 4 is 15.9 Å². The Morgan fingerprint density at radius 2 is 2.19 bits per heavy atom. The molecule has 1 heterocycles. The maximum absolute atomic E-state index is 9.86. The molecule has 0 aromatic carbocycles. The Hall–Kier alpha value is -0.610. The highest BCUT2D eigenvalue weighted by Gasteiger charge is 2.24. The fourth-order valence-electron chi connectivity index (χ4n) is 1.35. The third-order valence-electron chi connectivity index (χ3n) is 2.59. The first-order valence-electron chi connectivity index (χ1n) is 5.49. The van der Waals surface area contributed by atoms with Crippen molar-refractivity contribution in [1.82, 2.24) is 4.98 Å². The lowest BCUT2D eigenvalue weighted by Crippen LogP contribution is -2.18. The van der Waals surface area contributed by atoms with Crippen molar-refractivity contribution in [2.45, 2.75) is 32.3 Å². The number of pyridine rings is 1. The van der Waals surface area contributed by atoms with E-state index in [2.05, 4.69) is 20.9 Å². The molecule has 0 aliphatic heterocycles. The first-order valence-corrected chi connectivity index (χ1v) is 6.28. The monoisotopic (exact) mass is 285 g/mol. The fraction of sp³-hybridized carbons (Fsp3) is 0.583. The summed E-state index contributed by atoms with van der Waals surface area (Å²) in [7, 11) is 0. The van der Waals surface area contributed by atoms with Crippen LogP contribution in [0.4, 0.5) is 0 Å². The molecular formula is C12H16BrNO2. The third kappa shape index (κ3) is 2.95. The normalized spacial score (nSPS) is 16.2. The zero-order valence-electron chi connectivity index (χ0n) is 9.53. The highest BCUT2D eigenvalue weighted by molar-refractivity contribution is 9.10. The van der Waals surface area contributed by atoms with Gasteiger partial charge in [-0.15, -0.1) is 0 Å². The molecule has 0 saturated heterocycles. The quantitative estimate of drug-likeness (QED) is 0.925. The van der Waals surface area contributed by atoms with Crippen LogP contribution in [0.2, 0.25) is 0 Å². The van der Waals surface area contributed by atoms with Crippen LogP contribution in [0.1, 0.15) is 32.4 Å². The first-order chi connectivity index (χ1) is 7.47. The van der Waals surface area contributed by atoms with E-state index in [4.69, 9.17) is 4.74 Å². The summed E-state index contributed by atoms with van der Waals surface area (Å²) in [5.74, 6) is 1.27. The molecule has 1 aromatic heterocycles. The zero-order chi connectivity index (χ0) is 11.8. The topological polar surface area (TPSA) is 42.4 Å². The minimum absolute atomic E-state index is 0.575. The molecule has 0 spiro atoms. The van der Waals surface area contributed by atoms with Gasteiger partial charge in [0.1, 0.15) is 5.60 Å². The molecule has 0 bridgehead atoms. The summed E-state index contributed by atoms with van der Waals surface area (Å²) >= 11 is 3.40. The van der Waals surface area contributed by atoms with Crippen LogP contribution in [0.3, 0.4) is 0 Å². The van der Waals surface area contributed by atoms with Crippen LogP contribution in [0.25, 0.3) is 0 Å². The van der Waals surface area contributed by atoms with Crippen molar-refractivity contribution < 1.29 is 9.84 Å². The van der Waals surface area contributed by atoms with Gasteiger partial charge in [-0.05, 0) is 60.7 Å². The number of hydrogen-bond acceptors (Lipinski definition) is 3. The van der Waals surface area contributed by atoms with Crippen molar-refractivity contribution in [1.29, 1.82) is 0 Å². The van der Waals surface area contributed by atoms with Crippen molar-refractivity contribution in [2.75, 3.05) is 6.61 Å². The summed E-state index contributed by atoms with van der Waals surface area (Å²) in [6.07, 6.45) is 2.51. The Bertz CT molecular complexity index is 383. The smallest absolute Gasteiger partial charge is 0.228 e. The molecule has 0 atom stereocenters. The lowest BCUT2D eigenvalue weighted by atomic mass is 10.1. The lowest BCUT2D eigenvalue weighted by Gasteiger charge is -2.17. The average molecular weight is 286 g/mol. The van der Waals surface area contributed by atoms with E-state index in [0.29, 0.717) is 17.5 Å². The summed E-state index contributed by atoms with van der Waals surface area (Å²) < 4.78 is 6.46. The van der Waals surface area contributed by atoms with Crippen molar-refractivity contribution in [3.8, 4) is 5.88 Å². The highest BCUT2D eigenvalue weighted by atomic mass is 79.9. The maximum atomic E-state index is 9.86. The summed E-state index contributed by atoms with van der Waals surface area (Å²) in [5, 5.41) is 9.86. The summed E-state index contributed by atoms with van der Waals surface area (Å²) in [6.45, 7) is 4.16. The molecule has 3 nitrogen and oxygen atoms in total. The van der Waals surface area contributed by atoms with E-state index in [-0.39, 0.29) is 0 Å². The molecule has 4 heteroatoms. The molecular weight excluding hydrogens is 270 g/mol. The fourth-order valence-corrected chi connectivity index (χ4v) is 1.68. The van der Waals surface area contributed by atoms with Gasteiger partial charge in [0.15, 0.2) is 0 Å². The molecule has 16 heavy (non-hydrogen) atoms. The Kier molecular flexibility index (Phi) is 3.22. The molecule has 1 aromatic rings. The minimum Gasteiger partial charge on any atom is -0.477 e. The molecule has 0 radical (unpaired) electrons. The van der Waals surface area contributed by atoms with E-state index in [0.717, 1.165) is 11.1 Å². The Morgan fingerprint density at radius 3 is 2.75 bits per heavy atom. The van der Waals surface area contributed by atoms with Crippen molar-refractivity contribution in [3.63, 3.8) is 0 Å². The first kappa shape index (κ1) is 11.9. The molecule has 1 N–H and O–H groups in total. The van der Waals surface area contributed by atoms with Crippen LogP contribution in [-0.4, -0.2) is 16.7 Å². The van der Waals surface area contributed by atoms with Gasteiger partial charge in [-0.2, -0.15) is 0 Å². The second-order valence-electron chi connectivity index (χ2n) is 4.80. The van der Waals surface area contributed by atoms with Crippen molar-refractivity contribution in [3.05, 3.63) is 22.3 Å². The van der Waals surface area contributed by atoms with Crippen LogP contribution < -0.4 is 4.74 Å². The van der Waals surface area contributed by atoms with Crippen LogP contribution in [0, 0.1) is 5.92 Å². The van der Waals surface area contributed by atoms with Crippen LogP contribution in [0.15, 0.2) is 16.6 Å². The number of halogens is 1. The number of hydrogen-bond donors (Lipinski definition) is 1. The van der Waals surface area contributed by atoms with Gasteiger partial charge in [-0.3, -0.25) is 0 Å². The number of nitrogens with zero attached hydrogens (tertiary/aromatic N) is 1. The Balaban J connectivity index is 2.14. The van der Waals surface area contributed by atoms with Gasteiger partial charge in [0.25, 0.3) is 0 Å². The Labute approximate surface area is 104 Å². The molecule has 2 rings (SSSR count). The maximum Gasteiger partial charge on any atom is 0.228 e. The van der Waals surface area contributed by atoms with E-state index in [1.165, 1.54) is 12.8 Å². The van der Waals surface area contributed by atoms with E-state index < -0.39 is 5.60 Å². The van der Waals surface area contributed by atoms with Gasteiger partial charge >= 0.3 is 0 Å². The summed E-state index contributed by atoms with van der Waals surface area (Å²) in [4.78, 5) is 4.32. The van der Waals surface area contributed by atoms with Gasteiger partial charge in [0, 0.05) is 0 Å². The predicted molar refractivity (Wildman–Crippen MR) is 65.4 cm³/mol. The van der Waals surface area contributed by atoms with Gasteiger partial charge in [0.05, 0.1) is 16.8 Å². The van der Waals surface area contributed by atoms with Crippen LogP contribution in [-0.2, 0) is 5.60 Å². The van der Waals surface area contributed by atoms with Gasteiger partial charge in [0.2, 0.25) is 5.88 Å². The van der Waals surface area contributed by atoms with Crippen molar-refractivity contribution in [2.24, 2.45) is 5.92 Å². The number of aliphatic hydroxyl groups is 1. The second kappa shape index (κ2) is 4.34. The average Bonchev–Trinajstić information content (AvgIpc) is 2.98. The van der Waals surface area contributed by atoms with Crippen LogP contribution >= 0.6 is 15.9 Å². The molecule has 1 saturated carbocycles. The van der Waals surface area contributed by atoms with E-state index in [1.807, 2.05) is 6.07 Å². The van der Waals surface area contributed by atoms with E-state index in [1.54, 1.807) is 19.9 Å². The molecule has 0 amide bonds. The molecule has 88 valence electrons. The zero-order valence-corrected chi connectivity index (χ0v) is 11.1. The minimum atomic E-state index is -0.932. The van der Waals surface area contributed by atoms with Crippen LogP contribution in [0.5, 0.6) is 5.88 Å². The predicted octanol–water partition coefficient (Wildman–Crippen LogP) is 2.86. The summed E-state index contributed by atoms with van der Waals surface area (Å²) in [6, 6.07) is 3.66. The highest BCUT2D eigenvalue weighted by Crippen LogP contribution is 2.32. The second-order valence-corrected chi connectivity index (χ2v) is 5.65. The van der Waals surface area contributed by atoms with E-state index in [9.17, 15) is 5.11 Å². The molecule has 1 aliphatic carbocycles. The largest absolute Gasteiger partial charge is 0.477 e. The summed E-state index contributed by atoms with van der Waals surface area (Å²) in [5.41, 5.74) is -0.306. The standard InChI is InChI=1S/C12H16BrNO2/c1-12(2,15)10-6-5-9(13)11(14-10)16-7-8-3-4-8/h5-6,8,15H,3-4,7H2,1-2H3. The van der Waals surface area contributed by atoms with Gasteiger partial charge in [-0.25, -0.2) is 4.98 Å². The van der Waals surface area contributed by atoms with E-state index >= 15 is 0 Å². The number of aromatic nitrogens is 1. The SMILES string of the molecule is CC(C)(O)c1ccc(Br)c(OCC2CC2)n1. The molecule has 1 aliphatic rings. The number of ether oxygens (including phenoxy) is 1.